The third kappa shape index (κ3) is 5.39. The summed E-state index contributed by atoms with van der Waals surface area (Å²) in [6.45, 7) is 0.311. The molecule has 3 N–H and O–H groups in total. The first kappa shape index (κ1) is 15.0. The number of hydrogen-bond acceptors (Lipinski definition) is 4. The van der Waals surface area contributed by atoms with Gasteiger partial charge in [-0.15, -0.1) is 0 Å². The summed E-state index contributed by atoms with van der Waals surface area (Å²) in [7, 11) is 3.34. The number of amides is 2. The van der Waals surface area contributed by atoms with Gasteiger partial charge in [0.25, 0.3) is 5.91 Å². The van der Waals surface area contributed by atoms with Crippen LogP contribution in [0.3, 0.4) is 0 Å². The highest BCUT2D eigenvalue weighted by molar-refractivity contribution is 5.90. The molecule has 1 aromatic rings. The highest BCUT2D eigenvalue weighted by Gasteiger charge is 2.05. The second-order valence-corrected chi connectivity index (χ2v) is 4.19. The average molecular weight is 265 g/mol. The second-order valence-electron chi connectivity index (χ2n) is 4.19. The van der Waals surface area contributed by atoms with Crippen molar-refractivity contribution in [1.82, 2.24) is 4.90 Å². The minimum Gasteiger partial charge on any atom is -0.484 e. The zero-order chi connectivity index (χ0) is 14.3. The number of nitrogens with one attached hydrogen (secondary N) is 1. The van der Waals surface area contributed by atoms with E-state index >= 15 is 0 Å². The number of likely N-dealkylation sites (N-methyl/N-ethyl adjacent to an activating group) is 1. The van der Waals surface area contributed by atoms with Crippen molar-refractivity contribution < 1.29 is 14.3 Å². The van der Waals surface area contributed by atoms with Crippen LogP contribution in [0.5, 0.6) is 5.75 Å². The van der Waals surface area contributed by atoms with Gasteiger partial charge in [-0.25, -0.2) is 0 Å². The molecular formula is C13H19N3O3. The molecule has 0 spiro atoms. The number of hydrogen-bond donors (Lipinski definition) is 2. The molecule has 0 heterocycles. The number of carbonyl (C=O) groups is 2. The molecule has 0 aliphatic rings. The van der Waals surface area contributed by atoms with Gasteiger partial charge >= 0.3 is 0 Å². The third-order valence-corrected chi connectivity index (χ3v) is 2.37. The molecule has 0 aliphatic carbocycles. The summed E-state index contributed by atoms with van der Waals surface area (Å²) in [5.41, 5.74) is 5.95. The molecule has 0 saturated heterocycles. The lowest BCUT2D eigenvalue weighted by atomic mass is 10.3. The predicted octanol–water partition coefficient (Wildman–Crippen LogP) is 0.441. The summed E-state index contributed by atoms with van der Waals surface area (Å²) in [6.07, 6.45) is 0.287. The van der Waals surface area contributed by atoms with E-state index in [0.717, 1.165) is 0 Å². The number of ether oxygens (including phenoxy) is 1. The zero-order valence-corrected chi connectivity index (χ0v) is 11.2. The highest BCUT2D eigenvalue weighted by atomic mass is 16.5. The number of nitrogens with two attached hydrogens (primary N) is 1. The summed E-state index contributed by atoms with van der Waals surface area (Å²) < 4.78 is 5.31. The van der Waals surface area contributed by atoms with E-state index < -0.39 is 0 Å². The highest BCUT2D eigenvalue weighted by Crippen LogP contribution is 2.15. The van der Waals surface area contributed by atoms with Gasteiger partial charge in [-0.1, -0.05) is 0 Å². The van der Waals surface area contributed by atoms with E-state index in [1.165, 1.54) is 4.90 Å². The minimum absolute atomic E-state index is 0.00806. The topological polar surface area (TPSA) is 84.7 Å². The van der Waals surface area contributed by atoms with E-state index in [4.69, 9.17) is 10.5 Å². The monoisotopic (exact) mass is 265 g/mol. The molecule has 2 amide bonds. The van der Waals surface area contributed by atoms with Gasteiger partial charge in [0.1, 0.15) is 5.75 Å². The predicted molar refractivity (Wildman–Crippen MR) is 72.9 cm³/mol. The molecule has 6 nitrogen and oxygen atoms in total. The maximum absolute atomic E-state index is 11.3. The molecule has 0 aliphatic heterocycles. The lowest BCUT2D eigenvalue weighted by Gasteiger charge is -2.11. The van der Waals surface area contributed by atoms with Gasteiger partial charge in [-0.05, 0) is 24.3 Å². The first-order valence-electron chi connectivity index (χ1n) is 5.96. The van der Waals surface area contributed by atoms with E-state index in [1.807, 2.05) is 0 Å². The Labute approximate surface area is 112 Å². The lowest BCUT2D eigenvalue weighted by molar-refractivity contribution is -0.130. The van der Waals surface area contributed by atoms with Crippen LogP contribution in [0, 0.1) is 0 Å². The Morgan fingerprint density at radius 3 is 2.42 bits per heavy atom. The number of benzene rings is 1. The molecule has 0 aromatic heterocycles. The van der Waals surface area contributed by atoms with E-state index in [1.54, 1.807) is 38.4 Å². The molecule has 0 fully saturated rings. The SMILES string of the molecule is CN(C)C(=O)COc1ccc(NC(=O)CCN)cc1. The van der Waals surface area contributed by atoms with Gasteiger partial charge in [-0.2, -0.15) is 0 Å². The molecule has 6 heteroatoms. The van der Waals surface area contributed by atoms with Gasteiger partial charge in [0.05, 0.1) is 0 Å². The van der Waals surface area contributed by atoms with Crippen LogP contribution in [-0.2, 0) is 9.59 Å². The fourth-order valence-electron chi connectivity index (χ4n) is 1.26. The Morgan fingerprint density at radius 2 is 1.89 bits per heavy atom. The Kier molecular flexibility index (Phi) is 5.81. The number of anilines is 1. The van der Waals surface area contributed by atoms with E-state index in [0.29, 0.717) is 18.0 Å². The fraction of sp³-hybridized carbons (Fsp3) is 0.385. The summed E-state index contributed by atoms with van der Waals surface area (Å²) in [5.74, 6) is 0.339. The maximum Gasteiger partial charge on any atom is 0.259 e. The summed E-state index contributed by atoms with van der Waals surface area (Å²) in [5, 5.41) is 2.70. The molecule has 0 atom stereocenters. The van der Waals surface area contributed by atoms with Gasteiger partial charge < -0.3 is 20.7 Å². The summed E-state index contributed by atoms with van der Waals surface area (Å²) in [6, 6.07) is 6.82. The van der Waals surface area contributed by atoms with Crippen LogP contribution < -0.4 is 15.8 Å². The second kappa shape index (κ2) is 7.38. The van der Waals surface area contributed by atoms with Crippen LogP contribution in [0.25, 0.3) is 0 Å². The van der Waals surface area contributed by atoms with Crippen molar-refractivity contribution in [3.63, 3.8) is 0 Å². The van der Waals surface area contributed by atoms with E-state index in [-0.39, 0.29) is 24.8 Å². The van der Waals surface area contributed by atoms with Crippen LogP contribution in [-0.4, -0.2) is 44.0 Å². The van der Waals surface area contributed by atoms with Crippen molar-refractivity contribution >= 4 is 17.5 Å². The molecule has 104 valence electrons. The number of carbonyl (C=O) groups excluding carboxylic acids is 2. The Morgan fingerprint density at radius 1 is 1.26 bits per heavy atom. The van der Waals surface area contributed by atoms with Gasteiger partial charge in [-0.3, -0.25) is 9.59 Å². The zero-order valence-electron chi connectivity index (χ0n) is 11.2. The first-order valence-corrected chi connectivity index (χ1v) is 5.96. The molecular weight excluding hydrogens is 246 g/mol. The van der Waals surface area contributed by atoms with Gasteiger partial charge in [0, 0.05) is 32.7 Å². The van der Waals surface area contributed by atoms with Crippen LogP contribution >= 0.6 is 0 Å². The molecule has 1 aromatic carbocycles. The van der Waals surface area contributed by atoms with Crippen LogP contribution in [0.2, 0.25) is 0 Å². The minimum atomic E-state index is -0.126. The van der Waals surface area contributed by atoms with Crippen molar-refractivity contribution in [1.29, 1.82) is 0 Å². The third-order valence-electron chi connectivity index (χ3n) is 2.37. The van der Waals surface area contributed by atoms with Gasteiger partial charge in [0.15, 0.2) is 6.61 Å². The molecule has 0 radical (unpaired) electrons. The van der Waals surface area contributed by atoms with E-state index in [2.05, 4.69) is 5.32 Å². The summed E-state index contributed by atoms with van der Waals surface area (Å²) in [4.78, 5) is 24.1. The Bertz CT molecular complexity index is 429. The maximum atomic E-state index is 11.3. The molecule has 0 saturated carbocycles. The quantitative estimate of drug-likeness (QED) is 0.781. The Hall–Kier alpha value is -2.08. The lowest BCUT2D eigenvalue weighted by Crippen LogP contribution is -2.27. The largest absolute Gasteiger partial charge is 0.484 e. The van der Waals surface area contributed by atoms with Crippen LogP contribution in [0.4, 0.5) is 5.69 Å². The van der Waals surface area contributed by atoms with Gasteiger partial charge in [0.2, 0.25) is 5.91 Å². The van der Waals surface area contributed by atoms with Crippen molar-refractivity contribution in [3.8, 4) is 5.75 Å². The number of nitrogens with zero attached hydrogens (tertiary/aromatic N) is 1. The summed E-state index contributed by atoms with van der Waals surface area (Å²) >= 11 is 0. The molecule has 1 rings (SSSR count). The molecule has 0 unspecified atom stereocenters. The average Bonchev–Trinajstić information content (AvgIpc) is 2.37. The Balaban J connectivity index is 2.47. The normalized spacial score (nSPS) is 9.84. The van der Waals surface area contributed by atoms with Crippen molar-refractivity contribution in [2.75, 3.05) is 32.6 Å². The van der Waals surface area contributed by atoms with Crippen LogP contribution in [0.1, 0.15) is 6.42 Å². The smallest absolute Gasteiger partial charge is 0.259 e. The fourth-order valence-corrected chi connectivity index (χ4v) is 1.26. The van der Waals surface area contributed by atoms with Crippen molar-refractivity contribution in [3.05, 3.63) is 24.3 Å². The standard InChI is InChI=1S/C13H19N3O3/c1-16(2)13(18)9-19-11-5-3-10(4-6-11)15-12(17)7-8-14/h3-6H,7-9,14H2,1-2H3,(H,15,17). The molecule has 19 heavy (non-hydrogen) atoms. The number of rotatable bonds is 6. The first-order chi connectivity index (χ1) is 9.02. The van der Waals surface area contributed by atoms with E-state index in [9.17, 15) is 9.59 Å². The van der Waals surface area contributed by atoms with Crippen molar-refractivity contribution in [2.24, 2.45) is 5.73 Å². The van der Waals surface area contributed by atoms with Crippen molar-refractivity contribution in [2.45, 2.75) is 6.42 Å². The van der Waals surface area contributed by atoms with Crippen LogP contribution in [0.15, 0.2) is 24.3 Å². The molecule has 0 bridgehead atoms.